The molecule has 4 nitrogen and oxygen atoms in total. The van der Waals surface area contributed by atoms with Gasteiger partial charge in [0, 0.05) is 15.8 Å². The van der Waals surface area contributed by atoms with Gasteiger partial charge in [-0.05, 0) is 75.7 Å². The number of hydrogen-bond donors (Lipinski definition) is 3. The highest BCUT2D eigenvalue weighted by molar-refractivity contribution is 7.99. The quantitative estimate of drug-likeness (QED) is 0.718. The lowest BCUT2D eigenvalue weighted by Crippen LogP contribution is -2.47. The minimum Gasteiger partial charge on any atom is -0.486 e. The molecule has 1 fully saturated rings. The first-order chi connectivity index (χ1) is 11.4. The van der Waals surface area contributed by atoms with Crippen molar-refractivity contribution in [3.63, 3.8) is 0 Å². The van der Waals surface area contributed by atoms with Crippen molar-refractivity contribution >= 4 is 23.1 Å². The van der Waals surface area contributed by atoms with Crippen molar-refractivity contribution in [1.29, 1.82) is 0 Å². The van der Waals surface area contributed by atoms with Crippen LogP contribution in [0.25, 0.3) is 0 Å². The summed E-state index contributed by atoms with van der Waals surface area (Å²) in [5.74, 6) is 0.898. The molecule has 2 aromatic rings. The van der Waals surface area contributed by atoms with Gasteiger partial charge in [0.15, 0.2) is 0 Å². The fourth-order valence-electron chi connectivity index (χ4n) is 2.98. The van der Waals surface area contributed by atoms with E-state index >= 15 is 0 Å². The lowest BCUT2D eigenvalue weighted by molar-refractivity contribution is 0.0718. The van der Waals surface area contributed by atoms with Crippen molar-refractivity contribution < 1.29 is 4.74 Å². The fourth-order valence-corrected chi connectivity index (χ4v) is 3.85. The number of rotatable bonds is 5. The molecule has 0 bridgehead atoms. The lowest BCUT2D eigenvalue weighted by atomic mass is 9.97. The van der Waals surface area contributed by atoms with Crippen LogP contribution in [-0.2, 0) is 0 Å². The highest BCUT2D eigenvalue weighted by atomic mass is 32.2. The summed E-state index contributed by atoms with van der Waals surface area (Å²) in [6.07, 6.45) is 2.39. The maximum atomic E-state index is 6.22. The first-order valence-corrected chi connectivity index (χ1v) is 9.11. The van der Waals surface area contributed by atoms with Crippen LogP contribution >= 0.6 is 11.8 Å². The summed E-state index contributed by atoms with van der Waals surface area (Å²) in [4.78, 5) is 2.22. The molecule has 0 amide bonds. The molecule has 3 rings (SSSR count). The number of ether oxygens (including phenoxy) is 1. The monoisotopic (exact) mass is 343 g/mol. The Kier molecular flexibility index (Phi) is 4.92. The SMILES string of the molecule is CC(C)(Oc1ccc(Sc2ccc(N)c(N)c2)cc1)C1CCCN1. The summed E-state index contributed by atoms with van der Waals surface area (Å²) in [6, 6.07) is 14.3. The predicted molar refractivity (Wildman–Crippen MR) is 102 cm³/mol. The van der Waals surface area contributed by atoms with Crippen molar-refractivity contribution in [3.05, 3.63) is 42.5 Å². The van der Waals surface area contributed by atoms with Crippen LogP contribution in [0.2, 0.25) is 0 Å². The second-order valence-electron chi connectivity index (χ2n) is 6.72. The van der Waals surface area contributed by atoms with Crippen molar-refractivity contribution in [2.45, 2.75) is 48.1 Å². The van der Waals surface area contributed by atoms with Crippen molar-refractivity contribution in [2.24, 2.45) is 0 Å². The topological polar surface area (TPSA) is 73.3 Å². The van der Waals surface area contributed by atoms with E-state index in [0.29, 0.717) is 17.4 Å². The second-order valence-corrected chi connectivity index (χ2v) is 7.87. The van der Waals surface area contributed by atoms with Crippen molar-refractivity contribution in [2.75, 3.05) is 18.0 Å². The third-order valence-electron chi connectivity index (χ3n) is 4.40. The normalized spacial score (nSPS) is 17.8. The number of anilines is 2. The van der Waals surface area contributed by atoms with Crippen LogP contribution in [0, 0.1) is 0 Å². The van der Waals surface area contributed by atoms with E-state index in [-0.39, 0.29) is 5.60 Å². The Labute approximate surface area is 148 Å². The first kappa shape index (κ1) is 17.0. The van der Waals surface area contributed by atoms with Crippen LogP contribution in [0.5, 0.6) is 5.75 Å². The highest BCUT2D eigenvalue weighted by Crippen LogP contribution is 2.33. The van der Waals surface area contributed by atoms with Gasteiger partial charge in [-0.15, -0.1) is 0 Å². The first-order valence-electron chi connectivity index (χ1n) is 8.29. The molecule has 0 aliphatic carbocycles. The minimum atomic E-state index is -0.212. The molecule has 0 aromatic heterocycles. The Morgan fingerprint density at radius 2 is 1.75 bits per heavy atom. The summed E-state index contributed by atoms with van der Waals surface area (Å²) in [7, 11) is 0. The van der Waals surface area contributed by atoms with E-state index in [9.17, 15) is 0 Å². The number of hydrogen-bond acceptors (Lipinski definition) is 5. The Morgan fingerprint density at radius 1 is 1.04 bits per heavy atom. The van der Waals surface area contributed by atoms with Gasteiger partial charge in [-0.3, -0.25) is 0 Å². The maximum absolute atomic E-state index is 6.22. The van der Waals surface area contributed by atoms with Gasteiger partial charge < -0.3 is 21.5 Å². The molecular formula is C19H25N3OS. The highest BCUT2D eigenvalue weighted by Gasteiger charge is 2.33. The molecule has 1 aliphatic heterocycles. The smallest absolute Gasteiger partial charge is 0.120 e. The molecule has 1 unspecified atom stereocenters. The summed E-state index contributed by atoms with van der Waals surface area (Å²) >= 11 is 1.66. The molecule has 1 atom stereocenters. The Morgan fingerprint density at radius 3 is 2.38 bits per heavy atom. The molecule has 0 saturated carbocycles. The molecule has 5 heteroatoms. The Hall–Kier alpha value is -1.85. The van der Waals surface area contributed by atoms with Crippen molar-refractivity contribution in [3.8, 4) is 5.75 Å². The summed E-state index contributed by atoms with van der Waals surface area (Å²) in [5.41, 5.74) is 12.6. The van der Waals surface area contributed by atoms with E-state index < -0.39 is 0 Å². The largest absolute Gasteiger partial charge is 0.486 e. The van der Waals surface area contributed by atoms with Gasteiger partial charge in [-0.25, -0.2) is 0 Å². The van der Waals surface area contributed by atoms with Gasteiger partial charge >= 0.3 is 0 Å². The van der Waals surface area contributed by atoms with Gasteiger partial charge in [0.2, 0.25) is 0 Å². The Bertz CT molecular complexity index is 694. The molecule has 5 N–H and O–H groups in total. The van der Waals surface area contributed by atoms with E-state index in [1.807, 2.05) is 30.3 Å². The molecule has 0 spiro atoms. The van der Waals surface area contributed by atoms with E-state index in [4.69, 9.17) is 16.2 Å². The van der Waals surface area contributed by atoms with Crippen LogP contribution in [0.3, 0.4) is 0 Å². The van der Waals surface area contributed by atoms with Crippen LogP contribution in [0.1, 0.15) is 26.7 Å². The number of nitrogens with two attached hydrogens (primary N) is 2. The molecule has 1 aliphatic rings. The molecule has 2 aromatic carbocycles. The van der Waals surface area contributed by atoms with Gasteiger partial charge in [0.05, 0.1) is 11.4 Å². The van der Waals surface area contributed by atoms with Crippen LogP contribution in [0.15, 0.2) is 52.3 Å². The van der Waals surface area contributed by atoms with Crippen LogP contribution in [-0.4, -0.2) is 18.2 Å². The van der Waals surface area contributed by atoms with Crippen LogP contribution < -0.4 is 21.5 Å². The third-order valence-corrected chi connectivity index (χ3v) is 5.40. The van der Waals surface area contributed by atoms with Crippen LogP contribution in [0.4, 0.5) is 11.4 Å². The molecule has 1 saturated heterocycles. The molecule has 0 radical (unpaired) electrons. The van der Waals surface area contributed by atoms with E-state index in [0.717, 1.165) is 22.1 Å². The van der Waals surface area contributed by atoms with Gasteiger partial charge in [-0.2, -0.15) is 0 Å². The molecule has 128 valence electrons. The van der Waals surface area contributed by atoms with E-state index in [1.165, 1.54) is 12.8 Å². The van der Waals surface area contributed by atoms with E-state index in [1.54, 1.807) is 11.8 Å². The average Bonchev–Trinajstić information content (AvgIpc) is 3.08. The fraction of sp³-hybridized carbons (Fsp3) is 0.368. The second kappa shape index (κ2) is 6.95. The zero-order chi connectivity index (χ0) is 17.2. The lowest BCUT2D eigenvalue weighted by Gasteiger charge is -2.32. The standard InChI is InChI=1S/C19H25N3OS/c1-19(2,18-4-3-11-22-18)23-13-5-7-14(8-6-13)24-15-9-10-16(20)17(21)12-15/h5-10,12,18,22H,3-4,11,20-21H2,1-2H3. The average molecular weight is 343 g/mol. The summed E-state index contributed by atoms with van der Waals surface area (Å²) in [6.45, 7) is 5.38. The molecular weight excluding hydrogens is 318 g/mol. The summed E-state index contributed by atoms with van der Waals surface area (Å²) < 4.78 is 6.22. The van der Waals surface area contributed by atoms with Gasteiger partial charge in [-0.1, -0.05) is 11.8 Å². The zero-order valence-corrected chi connectivity index (χ0v) is 15.0. The molecule has 1 heterocycles. The Balaban J connectivity index is 1.65. The van der Waals surface area contributed by atoms with Crippen molar-refractivity contribution in [1.82, 2.24) is 5.32 Å². The third kappa shape index (κ3) is 3.97. The molecule has 24 heavy (non-hydrogen) atoms. The predicted octanol–water partition coefficient (Wildman–Crippen LogP) is 3.91. The number of nitrogens with one attached hydrogen (secondary N) is 1. The minimum absolute atomic E-state index is 0.212. The van der Waals surface area contributed by atoms with Gasteiger partial charge in [0.1, 0.15) is 11.4 Å². The summed E-state index contributed by atoms with van der Waals surface area (Å²) in [5, 5.41) is 3.52. The number of nitrogen functional groups attached to an aromatic ring is 2. The van der Waals surface area contributed by atoms with E-state index in [2.05, 4.69) is 31.3 Å². The zero-order valence-electron chi connectivity index (χ0n) is 14.2. The van der Waals surface area contributed by atoms with Gasteiger partial charge in [0.25, 0.3) is 0 Å². The number of benzene rings is 2. The maximum Gasteiger partial charge on any atom is 0.120 e.